The third kappa shape index (κ3) is 4.52. The summed E-state index contributed by atoms with van der Waals surface area (Å²) in [6.07, 6.45) is 2.35. The molecule has 0 bridgehead atoms. The molecule has 0 aromatic heterocycles. The summed E-state index contributed by atoms with van der Waals surface area (Å²) in [5.41, 5.74) is 9.25. The van der Waals surface area contributed by atoms with Gasteiger partial charge in [0.05, 0.1) is 5.56 Å². The number of halogens is 1. The second-order valence-electron chi connectivity index (χ2n) is 7.49. The van der Waals surface area contributed by atoms with Crippen LogP contribution in [0.5, 0.6) is 11.5 Å². The van der Waals surface area contributed by atoms with Gasteiger partial charge < -0.3 is 15.4 Å². The summed E-state index contributed by atoms with van der Waals surface area (Å²) in [6, 6.07) is 20.1. The molecule has 4 rings (SSSR count). The number of benzene rings is 3. The Labute approximate surface area is 176 Å². The van der Waals surface area contributed by atoms with Crippen LogP contribution in [0, 0.1) is 5.82 Å². The lowest BCUT2D eigenvalue weighted by Gasteiger charge is -2.21. The van der Waals surface area contributed by atoms with Gasteiger partial charge in [-0.1, -0.05) is 36.4 Å². The molecule has 5 heteroatoms. The number of nitrogens with zero attached hydrogens (tertiary/aromatic N) is 1. The Morgan fingerprint density at radius 3 is 2.20 bits per heavy atom. The van der Waals surface area contributed by atoms with Gasteiger partial charge in [-0.15, -0.1) is 0 Å². The number of amides is 1. The van der Waals surface area contributed by atoms with Crippen LogP contribution in [-0.4, -0.2) is 30.4 Å². The molecule has 0 atom stereocenters. The maximum Gasteiger partial charge on any atom is 0.256 e. The number of rotatable bonds is 5. The van der Waals surface area contributed by atoms with E-state index in [1.54, 1.807) is 4.90 Å². The SMILES string of the molecule is NCCc1ccc(Oc2ccc(F)c(C(=O)N3CCc4ccccc4CC3)c2)cc1. The van der Waals surface area contributed by atoms with Crippen molar-refractivity contribution in [3.05, 3.63) is 94.8 Å². The molecule has 0 radical (unpaired) electrons. The average molecular weight is 404 g/mol. The highest BCUT2D eigenvalue weighted by Gasteiger charge is 2.22. The first kappa shape index (κ1) is 20.1. The summed E-state index contributed by atoms with van der Waals surface area (Å²) in [7, 11) is 0. The fourth-order valence-electron chi connectivity index (χ4n) is 3.80. The number of carbonyl (C=O) groups is 1. The molecule has 1 aliphatic rings. The molecule has 0 spiro atoms. The van der Waals surface area contributed by atoms with Crippen molar-refractivity contribution in [2.75, 3.05) is 19.6 Å². The van der Waals surface area contributed by atoms with Crippen molar-refractivity contribution < 1.29 is 13.9 Å². The average Bonchev–Trinajstić information content (AvgIpc) is 2.99. The standard InChI is InChI=1S/C25H25FN2O2/c26-24-10-9-22(30-21-7-5-18(6-8-21)11-14-27)17-23(24)25(29)28-15-12-19-3-1-2-4-20(19)13-16-28/h1-10,17H,11-16,27H2. The van der Waals surface area contributed by atoms with Gasteiger partial charge in [-0.2, -0.15) is 0 Å². The van der Waals surface area contributed by atoms with E-state index in [4.69, 9.17) is 10.5 Å². The minimum absolute atomic E-state index is 0.0400. The zero-order chi connectivity index (χ0) is 20.9. The molecule has 0 saturated carbocycles. The van der Waals surface area contributed by atoms with Crippen molar-refractivity contribution in [1.82, 2.24) is 4.90 Å². The maximum atomic E-state index is 14.5. The summed E-state index contributed by atoms with van der Waals surface area (Å²) in [6.45, 7) is 1.73. The first-order valence-corrected chi connectivity index (χ1v) is 10.3. The van der Waals surface area contributed by atoms with Crippen LogP contribution in [-0.2, 0) is 19.3 Å². The minimum Gasteiger partial charge on any atom is -0.457 e. The number of hydrogen-bond acceptors (Lipinski definition) is 3. The van der Waals surface area contributed by atoms with Crippen molar-refractivity contribution in [3.8, 4) is 11.5 Å². The Kier molecular flexibility index (Phi) is 6.10. The van der Waals surface area contributed by atoms with E-state index in [0.29, 0.717) is 31.1 Å². The van der Waals surface area contributed by atoms with Crippen LogP contribution in [0.2, 0.25) is 0 Å². The monoisotopic (exact) mass is 404 g/mol. The van der Waals surface area contributed by atoms with E-state index < -0.39 is 5.82 Å². The molecule has 3 aromatic rings. The van der Waals surface area contributed by atoms with Crippen molar-refractivity contribution in [1.29, 1.82) is 0 Å². The van der Waals surface area contributed by atoms with Crippen LogP contribution < -0.4 is 10.5 Å². The second-order valence-corrected chi connectivity index (χ2v) is 7.49. The summed E-state index contributed by atoms with van der Waals surface area (Å²) >= 11 is 0. The zero-order valence-corrected chi connectivity index (χ0v) is 16.8. The van der Waals surface area contributed by atoms with Crippen LogP contribution >= 0.6 is 0 Å². The molecule has 1 heterocycles. The predicted octanol–water partition coefficient (Wildman–Crippen LogP) is 4.36. The van der Waals surface area contributed by atoms with E-state index in [1.807, 2.05) is 36.4 Å². The van der Waals surface area contributed by atoms with Gasteiger partial charge in [0.1, 0.15) is 17.3 Å². The third-order valence-corrected chi connectivity index (χ3v) is 5.47. The minimum atomic E-state index is -0.535. The first-order chi connectivity index (χ1) is 14.6. The number of hydrogen-bond donors (Lipinski definition) is 1. The molecule has 0 unspecified atom stereocenters. The van der Waals surface area contributed by atoms with Crippen molar-refractivity contribution >= 4 is 5.91 Å². The Morgan fingerprint density at radius 2 is 1.57 bits per heavy atom. The Morgan fingerprint density at radius 1 is 0.933 bits per heavy atom. The number of ether oxygens (including phenoxy) is 1. The van der Waals surface area contributed by atoms with Crippen LogP contribution in [0.15, 0.2) is 66.7 Å². The maximum absolute atomic E-state index is 14.5. The van der Waals surface area contributed by atoms with Crippen LogP contribution in [0.1, 0.15) is 27.0 Å². The van der Waals surface area contributed by atoms with Crippen molar-refractivity contribution in [2.45, 2.75) is 19.3 Å². The summed E-state index contributed by atoms with van der Waals surface area (Å²) in [5, 5.41) is 0. The fourth-order valence-corrected chi connectivity index (χ4v) is 3.80. The smallest absolute Gasteiger partial charge is 0.256 e. The Balaban J connectivity index is 1.49. The lowest BCUT2D eigenvalue weighted by molar-refractivity contribution is 0.0758. The van der Waals surface area contributed by atoms with E-state index >= 15 is 0 Å². The van der Waals surface area contributed by atoms with E-state index in [9.17, 15) is 9.18 Å². The molecule has 1 amide bonds. The van der Waals surface area contributed by atoms with Crippen molar-refractivity contribution in [3.63, 3.8) is 0 Å². The highest BCUT2D eigenvalue weighted by molar-refractivity contribution is 5.95. The lowest BCUT2D eigenvalue weighted by Crippen LogP contribution is -2.33. The first-order valence-electron chi connectivity index (χ1n) is 10.3. The van der Waals surface area contributed by atoms with Crippen molar-refractivity contribution in [2.24, 2.45) is 5.73 Å². The molecule has 0 aliphatic carbocycles. The van der Waals surface area contributed by atoms with Gasteiger partial charge in [0.25, 0.3) is 5.91 Å². The molecule has 154 valence electrons. The Hall–Kier alpha value is -3.18. The molecule has 4 nitrogen and oxygen atoms in total. The number of fused-ring (bicyclic) bond motifs is 1. The molecule has 2 N–H and O–H groups in total. The van der Waals surface area contributed by atoms with Crippen LogP contribution in [0.3, 0.4) is 0 Å². The zero-order valence-electron chi connectivity index (χ0n) is 16.8. The van der Waals surface area contributed by atoms with E-state index in [2.05, 4.69) is 12.1 Å². The van der Waals surface area contributed by atoms with E-state index in [-0.39, 0.29) is 11.5 Å². The number of nitrogens with two attached hydrogens (primary N) is 1. The molecule has 0 fully saturated rings. The number of carbonyl (C=O) groups excluding carboxylic acids is 1. The lowest BCUT2D eigenvalue weighted by atomic mass is 10.0. The molecule has 0 saturated heterocycles. The molecule has 3 aromatic carbocycles. The highest BCUT2D eigenvalue weighted by Crippen LogP contribution is 2.26. The van der Waals surface area contributed by atoms with Gasteiger partial charge in [0, 0.05) is 13.1 Å². The van der Waals surface area contributed by atoms with Gasteiger partial charge in [0.15, 0.2) is 0 Å². The van der Waals surface area contributed by atoms with Crippen LogP contribution in [0.25, 0.3) is 0 Å². The molecule has 1 aliphatic heterocycles. The van der Waals surface area contributed by atoms with Gasteiger partial charge in [-0.3, -0.25) is 4.79 Å². The molecule has 30 heavy (non-hydrogen) atoms. The predicted molar refractivity (Wildman–Crippen MR) is 115 cm³/mol. The van der Waals surface area contributed by atoms with Crippen LogP contribution in [0.4, 0.5) is 4.39 Å². The summed E-state index contributed by atoms with van der Waals surface area (Å²) in [4.78, 5) is 14.8. The quantitative estimate of drug-likeness (QED) is 0.687. The van der Waals surface area contributed by atoms with Gasteiger partial charge in [-0.25, -0.2) is 4.39 Å². The normalized spacial score (nSPS) is 13.5. The topological polar surface area (TPSA) is 55.6 Å². The molecular weight excluding hydrogens is 379 g/mol. The highest BCUT2D eigenvalue weighted by atomic mass is 19.1. The summed E-state index contributed by atoms with van der Waals surface area (Å²) in [5.74, 6) is 0.229. The third-order valence-electron chi connectivity index (χ3n) is 5.47. The molecular formula is C25H25FN2O2. The fraction of sp³-hybridized carbons (Fsp3) is 0.240. The van der Waals surface area contributed by atoms with E-state index in [0.717, 1.165) is 24.8 Å². The largest absolute Gasteiger partial charge is 0.457 e. The Bertz CT molecular complexity index is 1010. The van der Waals surface area contributed by atoms with Gasteiger partial charge in [0.2, 0.25) is 0 Å². The second kappa shape index (κ2) is 9.09. The van der Waals surface area contributed by atoms with Gasteiger partial charge >= 0.3 is 0 Å². The van der Waals surface area contributed by atoms with E-state index in [1.165, 1.54) is 29.3 Å². The van der Waals surface area contributed by atoms with Gasteiger partial charge in [-0.05, 0) is 72.8 Å². The summed E-state index contributed by atoms with van der Waals surface area (Å²) < 4.78 is 20.4.